The molecule has 0 saturated heterocycles. The summed E-state index contributed by atoms with van der Waals surface area (Å²) in [5, 5.41) is 9.83. The first-order valence-electron chi connectivity index (χ1n) is 7.77. The zero-order valence-electron chi connectivity index (χ0n) is 14.4. The fourth-order valence-electron chi connectivity index (χ4n) is 2.36. The van der Waals surface area contributed by atoms with Crippen LogP contribution < -0.4 is 10.6 Å². The summed E-state index contributed by atoms with van der Waals surface area (Å²) in [6, 6.07) is 9.06. The monoisotopic (exact) mass is 329 g/mol. The summed E-state index contributed by atoms with van der Waals surface area (Å²) in [4.78, 5) is 25.5. The highest BCUT2D eigenvalue weighted by atomic mass is 16.2. The van der Waals surface area contributed by atoms with Crippen LogP contribution in [0.15, 0.2) is 36.5 Å². The number of urea groups is 1. The van der Waals surface area contributed by atoms with Gasteiger partial charge in [-0.15, -0.1) is 0 Å². The van der Waals surface area contributed by atoms with Crippen molar-refractivity contribution in [1.82, 2.24) is 20.0 Å². The lowest BCUT2D eigenvalue weighted by molar-refractivity contribution is -0.124. The molecule has 0 saturated carbocycles. The molecule has 0 fully saturated rings. The quantitative estimate of drug-likeness (QED) is 0.881. The van der Waals surface area contributed by atoms with Gasteiger partial charge in [0.2, 0.25) is 5.91 Å². The van der Waals surface area contributed by atoms with Crippen LogP contribution in [0.25, 0.3) is 5.69 Å². The first kappa shape index (κ1) is 17.5. The van der Waals surface area contributed by atoms with Crippen LogP contribution in [0.3, 0.4) is 0 Å². The fraction of sp³-hybridized carbons (Fsp3) is 0.353. The molecule has 1 heterocycles. The van der Waals surface area contributed by atoms with Crippen LogP contribution in [0.1, 0.15) is 12.6 Å². The van der Waals surface area contributed by atoms with Gasteiger partial charge in [0.05, 0.1) is 23.0 Å². The van der Waals surface area contributed by atoms with E-state index in [4.69, 9.17) is 0 Å². The molecule has 3 amide bonds. The van der Waals surface area contributed by atoms with Gasteiger partial charge in [0.1, 0.15) is 0 Å². The molecule has 0 aliphatic carbocycles. The van der Waals surface area contributed by atoms with Crippen molar-refractivity contribution in [2.24, 2.45) is 5.92 Å². The summed E-state index contributed by atoms with van der Waals surface area (Å²) in [5.41, 5.74) is 2.34. The normalized spacial score (nSPS) is 11.7. The smallest absolute Gasteiger partial charge is 0.321 e. The predicted octanol–water partition coefficient (Wildman–Crippen LogP) is 2.03. The number of amides is 3. The van der Waals surface area contributed by atoms with Gasteiger partial charge in [0, 0.05) is 26.8 Å². The minimum Gasteiger partial charge on any atom is -0.359 e. The van der Waals surface area contributed by atoms with Crippen molar-refractivity contribution in [1.29, 1.82) is 0 Å². The molecule has 2 N–H and O–H groups in total. The van der Waals surface area contributed by atoms with Crippen LogP contribution in [0.5, 0.6) is 0 Å². The number of carbonyl (C=O) groups is 2. The van der Waals surface area contributed by atoms with E-state index in [1.807, 2.05) is 43.5 Å². The molecule has 0 spiro atoms. The third kappa shape index (κ3) is 4.13. The minimum atomic E-state index is -0.283. The summed E-state index contributed by atoms with van der Waals surface area (Å²) in [5.74, 6) is -0.378. The highest BCUT2D eigenvalue weighted by Gasteiger charge is 2.18. The maximum Gasteiger partial charge on any atom is 0.321 e. The van der Waals surface area contributed by atoms with E-state index in [1.165, 1.54) is 4.90 Å². The number of carbonyl (C=O) groups excluding carboxylic acids is 2. The van der Waals surface area contributed by atoms with E-state index >= 15 is 0 Å². The third-order valence-corrected chi connectivity index (χ3v) is 3.70. The Morgan fingerprint density at radius 3 is 2.62 bits per heavy atom. The van der Waals surface area contributed by atoms with Crippen molar-refractivity contribution in [2.45, 2.75) is 13.8 Å². The highest BCUT2D eigenvalue weighted by molar-refractivity contribution is 5.91. The van der Waals surface area contributed by atoms with Crippen LogP contribution in [0.4, 0.5) is 10.5 Å². The Hall–Kier alpha value is -2.83. The first-order valence-corrected chi connectivity index (χ1v) is 7.77. The van der Waals surface area contributed by atoms with Gasteiger partial charge in [-0.05, 0) is 25.1 Å². The van der Waals surface area contributed by atoms with Crippen molar-refractivity contribution in [3.63, 3.8) is 0 Å². The van der Waals surface area contributed by atoms with Gasteiger partial charge in [-0.2, -0.15) is 5.10 Å². The molecule has 1 aromatic heterocycles. The average Bonchev–Trinajstić information content (AvgIpc) is 3.00. The van der Waals surface area contributed by atoms with Crippen LogP contribution >= 0.6 is 0 Å². The van der Waals surface area contributed by atoms with Gasteiger partial charge in [0.15, 0.2) is 0 Å². The fourth-order valence-corrected chi connectivity index (χ4v) is 2.36. The van der Waals surface area contributed by atoms with E-state index in [-0.39, 0.29) is 17.9 Å². The van der Waals surface area contributed by atoms with Gasteiger partial charge >= 0.3 is 6.03 Å². The van der Waals surface area contributed by atoms with E-state index in [0.717, 1.165) is 11.4 Å². The molecular formula is C17H23N5O2. The molecule has 1 atom stereocenters. The molecule has 7 heteroatoms. The number of hydrogen-bond donors (Lipinski definition) is 2. The molecule has 7 nitrogen and oxygen atoms in total. The maximum atomic E-state index is 12.4. The molecular weight excluding hydrogens is 306 g/mol. The van der Waals surface area contributed by atoms with E-state index < -0.39 is 0 Å². The zero-order valence-corrected chi connectivity index (χ0v) is 14.4. The van der Waals surface area contributed by atoms with Crippen molar-refractivity contribution in [3.05, 3.63) is 42.2 Å². The van der Waals surface area contributed by atoms with E-state index in [2.05, 4.69) is 15.7 Å². The first-order chi connectivity index (χ1) is 11.4. The Balaban J connectivity index is 2.11. The number of nitrogens with zero attached hydrogens (tertiary/aromatic N) is 3. The number of rotatable bonds is 5. The van der Waals surface area contributed by atoms with Crippen molar-refractivity contribution >= 4 is 17.6 Å². The molecule has 0 radical (unpaired) electrons. The Labute approximate surface area is 141 Å². The second-order valence-electron chi connectivity index (χ2n) is 5.74. The number of anilines is 1. The Morgan fingerprint density at radius 1 is 1.29 bits per heavy atom. The highest BCUT2D eigenvalue weighted by Crippen LogP contribution is 2.20. The average molecular weight is 329 g/mol. The minimum absolute atomic E-state index is 0.0953. The lowest BCUT2D eigenvalue weighted by atomic mass is 10.1. The Morgan fingerprint density at radius 2 is 2.00 bits per heavy atom. The van der Waals surface area contributed by atoms with Crippen LogP contribution in [0.2, 0.25) is 0 Å². The van der Waals surface area contributed by atoms with Crippen molar-refractivity contribution < 1.29 is 9.59 Å². The van der Waals surface area contributed by atoms with Crippen molar-refractivity contribution in [2.75, 3.05) is 26.0 Å². The number of aromatic nitrogens is 2. The molecule has 1 unspecified atom stereocenters. The molecule has 2 rings (SSSR count). The number of nitrogens with one attached hydrogen (secondary N) is 2. The number of hydrogen-bond acceptors (Lipinski definition) is 3. The van der Waals surface area contributed by atoms with Gasteiger partial charge in [-0.1, -0.05) is 19.1 Å². The Bertz CT molecular complexity index is 725. The number of aryl methyl sites for hydroxylation is 1. The van der Waals surface area contributed by atoms with Crippen LogP contribution in [-0.2, 0) is 4.79 Å². The zero-order chi connectivity index (χ0) is 17.7. The predicted molar refractivity (Wildman–Crippen MR) is 93.2 cm³/mol. The second kappa shape index (κ2) is 7.63. The van der Waals surface area contributed by atoms with Gasteiger partial charge in [-0.3, -0.25) is 4.79 Å². The summed E-state index contributed by atoms with van der Waals surface area (Å²) < 4.78 is 1.72. The lowest BCUT2D eigenvalue weighted by Crippen LogP contribution is -2.39. The van der Waals surface area contributed by atoms with Gasteiger partial charge < -0.3 is 15.5 Å². The molecule has 0 aliphatic rings. The van der Waals surface area contributed by atoms with E-state index in [0.29, 0.717) is 12.2 Å². The number of benzene rings is 1. The molecule has 0 bridgehead atoms. The summed E-state index contributed by atoms with van der Waals surface area (Å²) in [6.45, 7) is 4.02. The molecule has 2 aromatic rings. The largest absolute Gasteiger partial charge is 0.359 e. The van der Waals surface area contributed by atoms with Crippen molar-refractivity contribution in [3.8, 4) is 5.69 Å². The summed E-state index contributed by atoms with van der Waals surface area (Å²) >= 11 is 0. The molecule has 24 heavy (non-hydrogen) atoms. The second-order valence-corrected chi connectivity index (χ2v) is 5.74. The van der Waals surface area contributed by atoms with Gasteiger partial charge in [0.25, 0.3) is 0 Å². The lowest BCUT2D eigenvalue weighted by Gasteiger charge is -2.22. The Kier molecular flexibility index (Phi) is 5.57. The van der Waals surface area contributed by atoms with Gasteiger partial charge in [-0.25, -0.2) is 9.48 Å². The summed E-state index contributed by atoms with van der Waals surface area (Å²) in [6.07, 6.45) is 1.84. The third-order valence-electron chi connectivity index (χ3n) is 3.70. The maximum absolute atomic E-state index is 12.4. The van der Waals surface area contributed by atoms with Crippen LogP contribution in [0, 0.1) is 12.8 Å². The van der Waals surface area contributed by atoms with Crippen LogP contribution in [-0.4, -0.2) is 47.3 Å². The topological polar surface area (TPSA) is 79.3 Å². The number of para-hydroxylation sites is 2. The molecule has 128 valence electrons. The summed E-state index contributed by atoms with van der Waals surface area (Å²) in [7, 11) is 3.25. The van der Waals surface area contributed by atoms with E-state index in [1.54, 1.807) is 25.7 Å². The standard InChI is InChI=1S/C17H23N5O2/c1-12(16(23)18-3)11-21(4)17(24)19-14-7-5-6-8-15(14)22-10-9-13(2)20-22/h5-10,12H,11H2,1-4H3,(H,18,23)(H,19,24). The molecule has 0 aliphatic heterocycles. The van der Waals surface area contributed by atoms with E-state index in [9.17, 15) is 9.59 Å². The SMILES string of the molecule is CNC(=O)C(C)CN(C)C(=O)Nc1ccccc1-n1ccc(C)n1. The molecule has 1 aromatic carbocycles.